The van der Waals surface area contributed by atoms with Crippen molar-refractivity contribution in [3.8, 4) is 0 Å². The number of carbonyl (C=O) groups is 2. The Labute approximate surface area is 103 Å². The van der Waals surface area contributed by atoms with Gasteiger partial charge in [0.05, 0.1) is 5.57 Å². The number of nitrogens with two attached hydrogens (primary N) is 1. The summed E-state index contributed by atoms with van der Waals surface area (Å²) in [4.78, 5) is 22.1. The minimum atomic E-state index is -0.779. The van der Waals surface area contributed by atoms with Crippen molar-refractivity contribution in [3.05, 3.63) is 39.4 Å². The molecule has 2 N–H and O–H groups in total. The van der Waals surface area contributed by atoms with Crippen molar-refractivity contribution in [1.29, 1.82) is 0 Å². The topological polar surface area (TPSA) is 60.2 Å². The maximum atomic E-state index is 11.1. The standard InChI is InChI=1S/C11H9Cl2NO2/c1-6(15)9(11(14)16)4-7-2-3-8(12)5-10(7)13/h2-5H,1H3,(H2,14,16). The zero-order chi connectivity index (χ0) is 12.3. The molecule has 0 atom stereocenters. The Bertz CT molecular complexity index is 465. The summed E-state index contributed by atoms with van der Waals surface area (Å²) >= 11 is 11.6. The van der Waals surface area contributed by atoms with E-state index in [0.717, 1.165) is 0 Å². The summed E-state index contributed by atoms with van der Waals surface area (Å²) in [6.07, 6.45) is 1.35. The average molecular weight is 258 g/mol. The molecule has 0 aliphatic rings. The number of primary amides is 1. The summed E-state index contributed by atoms with van der Waals surface area (Å²) in [7, 11) is 0. The van der Waals surface area contributed by atoms with Crippen molar-refractivity contribution < 1.29 is 9.59 Å². The van der Waals surface area contributed by atoms with E-state index in [2.05, 4.69) is 0 Å². The van der Waals surface area contributed by atoms with Gasteiger partial charge >= 0.3 is 0 Å². The van der Waals surface area contributed by atoms with Crippen LogP contribution in [-0.2, 0) is 9.59 Å². The van der Waals surface area contributed by atoms with Gasteiger partial charge in [-0.1, -0.05) is 29.3 Å². The summed E-state index contributed by atoms with van der Waals surface area (Å²) < 4.78 is 0. The van der Waals surface area contributed by atoms with Crippen molar-refractivity contribution in [3.63, 3.8) is 0 Å². The molecule has 84 valence electrons. The van der Waals surface area contributed by atoms with Crippen molar-refractivity contribution in [1.82, 2.24) is 0 Å². The molecule has 0 aliphatic heterocycles. The number of halogens is 2. The zero-order valence-electron chi connectivity index (χ0n) is 8.46. The fraction of sp³-hybridized carbons (Fsp3) is 0.0909. The third-order valence-electron chi connectivity index (χ3n) is 1.91. The van der Waals surface area contributed by atoms with E-state index in [1.54, 1.807) is 12.1 Å². The van der Waals surface area contributed by atoms with Crippen molar-refractivity contribution in [2.75, 3.05) is 0 Å². The molecule has 1 aromatic rings. The maximum Gasteiger partial charge on any atom is 0.252 e. The molecule has 0 heterocycles. The Morgan fingerprint density at radius 1 is 1.31 bits per heavy atom. The van der Waals surface area contributed by atoms with Gasteiger partial charge in [-0.3, -0.25) is 9.59 Å². The van der Waals surface area contributed by atoms with Gasteiger partial charge in [0.15, 0.2) is 5.78 Å². The number of hydrogen-bond acceptors (Lipinski definition) is 2. The monoisotopic (exact) mass is 257 g/mol. The van der Waals surface area contributed by atoms with Gasteiger partial charge in [-0.05, 0) is 30.7 Å². The first-order valence-corrected chi connectivity index (χ1v) is 5.15. The Balaban J connectivity index is 3.23. The molecule has 1 aromatic carbocycles. The van der Waals surface area contributed by atoms with Crippen LogP contribution in [0.2, 0.25) is 10.0 Å². The van der Waals surface area contributed by atoms with Gasteiger partial charge in [0, 0.05) is 10.0 Å². The van der Waals surface area contributed by atoms with Crippen molar-refractivity contribution >= 4 is 41.0 Å². The molecule has 0 aromatic heterocycles. The number of hydrogen-bond donors (Lipinski definition) is 1. The summed E-state index contributed by atoms with van der Waals surface area (Å²) in [6, 6.07) is 4.74. The predicted octanol–water partition coefficient (Wildman–Crippen LogP) is 2.45. The normalized spacial score (nSPS) is 11.3. The number of Topliss-reactive ketones (excluding diaryl/α,β-unsaturated/α-hetero) is 1. The molecular formula is C11H9Cl2NO2. The van der Waals surface area contributed by atoms with E-state index in [1.807, 2.05) is 0 Å². The molecule has 16 heavy (non-hydrogen) atoms. The second-order valence-electron chi connectivity index (χ2n) is 3.14. The van der Waals surface area contributed by atoms with E-state index in [4.69, 9.17) is 28.9 Å². The highest BCUT2D eigenvalue weighted by molar-refractivity contribution is 6.35. The van der Waals surface area contributed by atoms with Crippen LogP contribution in [0.4, 0.5) is 0 Å². The number of carbonyl (C=O) groups excluding carboxylic acids is 2. The first-order valence-electron chi connectivity index (χ1n) is 4.39. The third-order valence-corrected chi connectivity index (χ3v) is 2.47. The highest BCUT2D eigenvalue weighted by Gasteiger charge is 2.11. The van der Waals surface area contributed by atoms with Gasteiger partial charge in [0.1, 0.15) is 0 Å². The average Bonchev–Trinajstić information content (AvgIpc) is 2.15. The lowest BCUT2D eigenvalue weighted by atomic mass is 10.1. The molecule has 0 fully saturated rings. The van der Waals surface area contributed by atoms with Crippen LogP contribution in [0.15, 0.2) is 23.8 Å². The highest BCUT2D eigenvalue weighted by atomic mass is 35.5. The number of amides is 1. The molecule has 1 amide bonds. The Morgan fingerprint density at radius 2 is 1.94 bits per heavy atom. The van der Waals surface area contributed by atoms with E-state index < -0.39 is 11.7 Å². The largest absolute Gasteiger partial charge is 0.365 e. The fourth-order valence-electron chi connectivity index (χ4n) is 1.12. The predicted molar refractivity (Wildman–Crippen MR) is 64.3 cm³/mol. The molecule has 0 unspecified atom stereocenters. The van der Waals surface area contributed by atoms with Gasteiger partial charge < -0.3 is 5.73 Å². The molecule has 0 saturated heterocycles. The lowest BCUT2D eigenvalue weighted by Crippen LogP contribution is -2.18. The molecule has 3 nitrogen and oxygen atoms in total. The van der Waals surface area contributed by atoms with Crippen molar-refractivity contribution in [2.45, 2.75) is 6.92 Å². The van der Waals surface area contributed by atoms with Crippen LogP contribution in [0.5, 0.6) is 0 Å². The van der Waals surface area contributed by atoms with Crippen molar-refractivity contribution in [2.24, 2.45) is 5.73 Å². The van der Waals surface area contributed by atoms with E-state index in [1.165, 1.54) is 19.1 Å². The van der Waals surface area contributed by atoms with Crippen LogP contribution in [0.3, 0.4) is 0 Å². The van der Waals surface area contributed by atoms with Crippen LogP contribution in [-0.4, -0.2) is 11.7 Å². The summed E-state index contributed by atoms with van der Waals surface area (Å²) in [5.41, 5.74) is 5.50. The van der Waals surface area contributed by atoms with Crippen LogP contribution in [0.25, 0.3) is 6.08 Å². The van der Waals surface area contributed by atoms with E-state index in [9.17, 15) is 9.59 Å². The van der Waals surface area contributed by atoms with Gasteiger partial charge in [0.25, 0.3) is 5.91 Å². The second-order valence-corrected chi connectivity index (χ2v) is 3.99. The van der Waals surface area contributed by atoms with Crippen LogP contribution >= 0.6 is 23.2 Å². The number of rotatable bonds is 3. The van der Waals surface area contributed by atoms with E-state index in [-0.39, 0.29) is 5.57 Å². The minimum Gasteiger partial charge on any atom is -0.365 e. The third kappa shape index (κ3) is 3.08. The van der Waals surface area contributed by atoms with E-state index >= 15 is 0 Å². The first-order chi connectivity index (χ1) is 7.41. The molecule has 0 radical (unpaired) electrons. The molecule has 5 heteroatoms. The molecule has 0 aliphatic carbocycles. The van der Waals surface area contributed by atoms with Gasteiger partial charge in [-0.15, -0.1) is 0 Å². The maximum absolute atomic E-state index is 11.1. The minimum absolute atomic E-state index is 0.0933. The number of benzene rings is 1. The van der Waals surface area contributed by atoms with Gasteiger partial charge in [-0.2, -0.15) is 0 Å². The second kappa shape index (κ2) is 5.14. The highest BCUT2D eigenvalue weighted by Crippen LogP contribution is 2.23. The SMILES string of the molecule is CC(=O)C(=Cc1ccc(Cl)cc1Cl)C(N)=O. The molecular weight excluding hydrogens is 249 g/mol. The molecule has 0 saturated carbocycles. The fourth-order valence-corrected chi connectivity index (χ4v) is 1.58. The summed E-state index contributed by atoms with van der Waals surface area (Å²) in [6.45, 7) is 1.26. The summed E-state index contributed by atoms with van der Waals surface area (Å²) in [5.74, 6) is -1.18. The molecule has 0 bridgehead atoms. The van der Waals surface area contributed by atoms with Crippen LogP contribution in [0.1, 0.15) is 12.5 Å². The first kappa shape index (κ1) is 12.7. The lowest BCUT2D eigenvalue weighted by Gasteiger charge is -2.01. The molecule has 0 spiro atoms. The van der Waals surface area contributed by atoms with Crippen LogP contribution in [0, 0.1) is 0 Å². The van der Waals surface area contributed by atoms with E-state index in [0.29, 0.717) is 15.6 Å². The quantitative estimate of drug-likeness (QED) is 0.514. The van der Waals surface area contributed by atoms with Gasteiger partial charge in [0.2, 0.25) is 0 Å². The Morgan fingerprint density at radius 3 is 2.38 bits per heavy atom. The summed E-state index contributed by atoms with van der Waals surface area (Å²) in [5, 5.41) is 0.832. The van der Waals surface area contributed by atoms with Gasteiger partial charge in [-0.25, -0.2) is 0 Å². The molecule has 1 rings (SSSR count). The Hall–Kier alpha value is -1.32. The Kier molecular flexibility index (Phi) is 4.10. The zero-order valence-corrected chi connectivity index (χ0v) is 9.97. The van der Waals surface area contributed by atoms with Crippen LogP contribution < -0.4 is 5.73 Å². The number of ketones is 1. The lowest BCUT2D eigenvalue weighted by molar-refractivity contribution is -0.119. The smallest absolute Gasteiger partial charge is 0.252 e.